The molecule has 0 radical (unpaired) electrons. The molecule has 0 aliphatic heterocycles. The van der Waals surface area contributed by atoms with E-state index in [1.807, 2.05) is 99.6 Å². The zero-order chi connectivity index (χ0) is 25.2. The molecule has 35 heavy (non-hydrogen) atoms. The van der Waals surface area contributed by atoms with Crippen LogP contribution in [0, 0.1) is 6.92 Å². The number of amides is 2. The third kappa shape index (κ3) is 8.44. The lowest BCUT2D eigenvalue weighted by molar-refractivity contribution is -0.139. The maximum absolute atomic E-state index is 13.6. The van der Waals surface area contributed by atoms with Crippen molar-refractivity contribution in [3.63, 3.8) is 0 Å². The van der Waals surface area contributed by atoms with E-state index in [1.54, 1.807) is 4.90 Å². The molecule has 1 N–H and O–H groups in total. The lowest BCUT2D eigenvalue weighted by Crippen LogP contribution is -2.52. The topological polar surface area (TPSA) is 49.4 Å². The number of hydrogen-bond donors (Lipinski definition) is 1. The molecule has 0 saturated heterocycles. The van der Waals surface area contributed by atoms with Gasteiger partial charge >= 0.3 is 0 Å². The second-order valence-electron chi connectivity index (χ2n) is 8.77. The van der Waals surface area contributed by atoms with Crippen LogP contribution in [-0.2, 0) is 22.6 Å². The Morgan fingerprint density at radius 1 is 0.943 bits per heavy atom. The summed E-state index contributed by atoms with van der Waals surface area (Å²) in [5.41, 5.74) is 3.17. The summed E-state index contributed by atoms with van der Waals surface area (Å²) >= 11 is 7.45. The van der Waals surface area contributed by atoms with Crippen molar-refractivity contribution in [1.82, 2.24) is 10.2 Å². The minimum atomic E-state index is -0.619. The molecule has 0 aliphatic rings. The van der Waals surface area contributed by atoms with E-state index in [1.165, 1.54) is 11.8 Å². The van der Waals surface area contributed by atoms with Gasteiger partial charge in [-0.05, 0) is 55.7 Å². The van der Waals surface area contributed by atoms with Gasteiger partial charge in [0.1, 0.15) is 6.04 Å². The van der Waals surface area contributed by atoms with Crippen molar-refractivity contribution in [2.45, 2.75) is 57.1 Å². The average Bonchev–Trinajstić information content (AvgIpc) is 2.87. The standard InChI is InChI=1S/C29H33ClN2O2S/c1-4-22(3)31-29(34)27(18-23-8-6-5-7-9-23)32(19-24-12-10-21(2)11-13-24)28(33)20-35-26-16-14-25(30)15-17-26/h5-17,22,27H,4,18-20H2,1-3H3,(H,31,34)/t22-,27-/m0/s1. The summed E-state index contributed by atoms with van der Waals surface area (Å²) in [5, 5.41) is 3.76. The molecule has 0 saturated carbocycles. The van der Waals surface area contributed by atoms with Crippen LogP contribution in [0.2, 0.25) is 5.02 Å². The molecule has 2 atom stereocenters. The predicted molar refractivity (Wildman–Crippen MR) is 146 cm³/mol. The Morgan fingerprint density at radius 3 is 2.23 bits per heavy atom. The van der Waals surface area contributed by atoms with E-state index >= 15 is 0 Å². The molecule has 0 unspecified atom stereocenters. The van der Waals surface area contributed by atoms with E-state index in [4.69, 9.17) is 11.6 Å². The van der Waals surface area contributed by atoms with Crippen molar-refractivity contribution < 1.29 is 9.59 Å². The van der Waals surface area contributed by atoms with Crippen LogP contribution in [0.4, 0.5) is 0 Å². The van der Waals surface area contributed by atoms with Crippen molar-refractivity contribution in [2.24, 2.45) is 0 Å². The molecule has 0 spiro atoms. The Morgan fingerprint density at radius 2 is 1.60 bits per heavy atom. The smallest absolute Gasteiger partial charge is 0.243 e. The van der Waals surface area contributed by atoms with E-state index in [-0.39, 0.29) is 23.6 Å². The first-order valence-corrected chi connectivity index (χ1v) is 13.3. The molecule has 3 aromatic carbocycles. The molecular formula is C29H33ClN2O2S. The molecular weight excluding hydrogens is 476 g/mol. The molecule has 0 fully saturated rings. The van der Waals surface area contributed by atoms with E-state index in [2.05, 4.69) is 5.32 Å². The molecule has 184 valence electrons. The average molecular weight is 509 g/mol. The van der Waals surface area contributed by atoms with Crippen LogP contribution in [0.25, 0.3) is 0 Å². The number of nitrogens with one attached hydrogen (secondary N) is 1. The van der Waals surface area contributed by atoms with Gasteiger partial charge in [0, 0.05) is 28.9 Å². The second-order valence-corrected chi connectivity index (χ2v) is 10.3. The fourth-order valence-electron chi connectivity index (χ4n) is 3.64. The summed E-state index contributed by atoms with van der Waals surface area (Å²) in [6.45, 7) is 6.42. The largest absolute Gasteiger partial charge is 0.352 e. The minimum Gasteiger partial charge on any atom is -0.352 e. The molecule has 4 nitrogen and oxygen atoms in total. The number of benzene rings is 3. The molecule has 0 aromatic heterocycles. The molecule has 0 aliphatic carbocycles. The van der Waals surface area contributed by atoms with Gasteiger partial charge in [0.2, 0.25) is 11.8 Å². The zero-order valence-corrected chi connectivity index (χ0v) is 22.1. The van der Waals surface area contributed by atoms with E-state index in [9.17, 15) is 9.59 Å². The number of nitrogens with zero attached hydrogens (tertiary/aromatic N) is 1. The van der Waals surface area contributed by atoms with Gasteiger partial charge in [0.15, 0.2) is 0 Å². The monoisotopic (exact) mass is 508 g/mol. The number of thioether (sulfide) groups is 1. The highest BCUT2D eigenvalue weighted by atomic mass is 35.5. The Bertz CT molecular complexity index is 1090. The van der Waals surface area contributed by atoms with Gasteiger partial charge in [0.25, 0.3) is 0 Å². The van der Waals surface area contributed by atoms with Gasteiger partial charge in [0.05, 0.1) is 5.75 Å². The zero-order valence-electron chi connectivity index (χ0n) is 20.5. The van der Waals surface area contributed by atoms with Crippen LogP contribution < -0.4 is 5.32 Å². The minimum absolute atomic E-state index is 0.0283. The fourth-order valence-corrected chi connectivity index (χ4v) is 4.55. The summed E-state index contributed by atoms with van der Waals surface area (Å²) in [7, 11) is 0. The van der Waals surface area contributed by atoms with Gasteiger partial charge in [-0.1, -0.05) is 78.7 Å². The van der Waals surface area contributed by atoms with Gasteiger partial charge in [-0.2, -0.15) is 0 Å². The van der Waals surface area contributed by atoms with Crippen molar-refractivity contribution in [1.29, 1.82) is 0 Å². The summed E-state index contributed by atoms with van der Waals surface area (Å²) in [5.74, 6) is 0.0287. The van der Waals surface area contributed by atoms with Crippen LogP contribution in [0.5, 0.6) is 0 Å². The van der Waals surface area contributed by atoms with Gasteiger partial charge in [-0.3, -0.25) is 9.59 Å². The van der Waals surface area contributed by atoms with E-state index in [0.29, 0.717) is 18.0 Å². The number of halogens is 1. The quantitative estimate of drug-likeness (QED) is 0.309. The predicted octanol–water partition coefficient (Wildman–Crippen LogP) is 6.30. The van der Waals surface area contributed by atoms with Crippen molar-refractivity contribution in [2.75, 3.05) is 5.75 Å². The molecule has 3 aromatic rings. The summed E-state index contributed by atoms with van der Waals surface area (Å²) in [6.07, 6.45) is 1.27. The highest BCUT2D eigenvalue weighted by molar-refractivity contribution is 8.00. The molecule has 6 heteroatoms. The maximum atomic E-state index is 13.6. The summed E-state index contributed by atoms with van der Waals surface area (Å²) in [6, 6.07) is 24.8. The number of carbonyl (C=O) groups is 2. The third-order valence-electron chi connectivity index (χ3n) is 5.92. The molecule has 0 bridgehead atoms. The van der Waals surface area contributed by atoms with Crippen LogP contribution in [-0.4, -0.2) is 34.6 Å². The Hall–Kier alpha value is -2.76. The normalized spacial score (nSPS) is 12.6. The van der Waals surface area contributed by atoms with Crippen molar-refractivity contribution in [3.8, 4) is 0 Å². The van der Waals surface area contributed by atoms with Gasteiger partial charge in [-0.15, -0.1) is 11.8 Å². The highest BCUT2D eigenvalue weighted by Crippen LogP contribution is 2.23. The first kappa shape index (κ1) is 26.8. The van der Waals surface area contributed by atoms with Crippen molar-refractivity contribution >= 4 is 35.2 Å². The highest BCUT2D eigenvalue weighted by Gasteiger charge is 2.31. The summed E-state index contributed by atoms with van der Waals surface area (Å²) in [4.78, 5) is 29.8. The molecule has 2 amide bonds. The fraction of sp³-hybridized carbons (Fsp3) is 0.310. The number of carbonyl (C=O) groups excluding carboxylic acids is 2. The first-order valence-electron chi connectivity index (χ1n) is 11.9. The van der Waals surface area contributed by atoms with Crippen LogP contribution >= 0.6 is 23.4 Å². The summed E-state index contributed by atoms with van der Waals surface area (Å²) < 4.78 is 0. The number of aryl methyl sites for hydroxylation is 1. The number of rotatable bonds is 11. The van der Waals surface area contributed by atoms with E-state index in [0.717, 1.165) is 28.0 Å². The Labute approximate surface area is 218 Å². The third-order valence-corrected chi connectivity index (χ3v) is 7.17. The second kappa shape index (κ2) is 13.4. The Kier molecular flexibility index (Phi) is 10.2. The lowest BCUT2D eigenvalue weighted by atomic mass is 10.0. The van der Waals surface area contributed by atoms with Gasteiger partial charge in [-0.25, -0.2) is 0 Å². The Balaban J connectivity index is 1.89. The van der Waals surface area contributed by atoms with Crippen LogP contribution in [0.15, 0.2) is 83.8 Å². The molecule has 0 heterocycles. The van der Waals surface area contributed by atoms with E-state index < -0.39 is 6.04 Å². The van der Waals surface area contributed by atoms with Crippen LogP contribution in [0.3, 0.4) is 0 Å². The SMILES string of the molecule is CC[C@H](C)NC(=O)[C@H](Cc1ccccc1)N(Cc1ccc(C)cc1)C(=O)CSc1ccc(Cl)cc1. The first-order chi connectivity index (χ1) is 16.9. The van der Waals surface area contributed by atoms with Crippen molar-refractivity contribution in [3.05, 3.63) is 101 Å². The lowest BCUT2D eigenvalue weighted by Gasteiger charge is -2.32. The van der Waals surface area contributed by atoms with Gasteiger partial charge < -0.3 is 10.2 Å². The molecule has 3 rings (SSSR count). The van der Waals surface area contributed by atoms with Crippen LogP contribution in [0.1, 0.15) is 37.0 Å². The maximum Gasteiger partial charge on any atom is 0.243 e. The number of hydrogen-bond acceptors (Lipinski definition) is 3.